The predicted molar refractivity (Wildman–Crippen MR) is 93.7 cm³/mol. The maximum atomic E-state index is 12.5. The first-order valence-electron chi connectivity index (χ1n) is 9.25. The minimum Gasteiger partial charge on any atom is -0.466 e. The average Bonchev–Trinajstić information content (AvgIpc) is 2.54. The quantitative estimate of drug-likeness (QED) is 0.288. The first-order chi connectivity index (χ1) is 10.7. The van der Waals surface area contributed by atoms with Gasteiger partial charge < -0.3 is 4.74 Å². The van der Waals surface area contributed by atoms with Crippen molar-refractivity contribution in [3.8, 4) is 0 Å². The maximum absolute atomic E-state index is 12.5. The number of rotatable bonds is 10. The van der Waals surface area contributed by atoms with Crippen molar-refractivity contribution in [3.05, 3.63) is 23.8 Å². The second kappa shape index (κ2) is 11.5. The van der Waals surface area contributed by atoms with Crippen molar-refractivity contribution in [3.63, 3.8) is 0 Å². The molecule has 0 spiro atoms. The number of hydrogen-bond donors (Lipinski definition) is 0. The van der Waals surface area contributed by atoms with Gasteiger partial charge in [-0.05, 0) is 51.4 Å². The molecule has 0 fully saturated rings. The highest BCUT2D eigenvalue weighted by atomic mass is 16.5. The molecule has 22 heavy (non-hydrogen) atoms. The molecule has 0 heterocycles. The maximum Gasteiger partial charge on any atom is 0.313 e. The molecule has 0 aromatic carbocycles. The summed E-state index contributed by atoms with van der Waals surface area (Å²) in [5.74, 6) is 0.386. The Morgan fingerprint density at radius 1 is 1.23 bits per heavy atom. The van der Waals surface area contributed by atoms with Gasteiger partial charge in [-0.3, -0.25) is 4.79 Å². The Morgan fingerprint density at radius 3 is 2.64 bits per heavy atom. The summed E-state index contributed by atoms with van der Waals surface area (Å²) < 4.78 is 5.38. The third kappa shape index (κ3) is 6.37. The Morgan fingerprint density at radius 2 is 2.05 bits per heavy atom. The standard InChI is InChI=1S/C20H34O2/c1-4-7-8-9-11-14-17(5-2)19(20(21)22-6-3)18-15-12-10-13-16-18/h10,12,14,18-19H,4-9,11,13,15-16H2,1-3H3. The summed E-state index contributed by atoms with van der Waals surface area (Å²) in [5.41, 5.74) is 1.30. The predicted octanol–water partition coefficient (Wildman–Crippen LogP) is 5.83. The highest BCUT2D eigenvalue weighted by Crippen LogP contribution is 2.34. The third-order valence-electron chi connectivity index (χ3n) is 4.59. The van der Waals surface area contributed by atoms with E-state index in [1.807, 2.05) is 6.92 Å². The van der Waals surface area contributed by atoms with Crippen LogP contribution in [0.1, 0.15) is 78.6 Å². The lowest BCUT2D eigenvalue weighted by Gasteiger charge is -2.28. The molecule has 126 valence electrons. The highest BCUT2D eigenvalue weighted by molar-refractivity contribution is 5.76. The molecule has 0 bridgehead atoms. The zero-order chi connectivity index (χ0) is 16.2. The van der Waals surface area contributed by atoms with Gasteiger partial charge in [0.2, 0.25) is 0 Å². The lowest BCUT2D eigenvalue weighted by atomic mass is 9.77. The molecule has 2 nitrogen and oxygen atoms in total. The molecular weight excluding hydrogens is 272 g/mol. The van der Waals surface area contributed by atoms with E-state index in [0.717, 1.165) is 32.1 Å². The van der Waals surface area contributed by atoms with Gasteiger partial charge >= 0.3 is 5.97 Å². The van der Waals surface area contributed by atoms with E-state index in [-0.39, 0.29) is 11.9 Å². The van der Waals surface area contributed by atoms with Gasteiger partial charge in [0.25, 0.3) is 0 Å². The van der Waals surface area contributed by atoms with E-state index >= 15 is 0 Å². The Hall–Kier alpha value is -1.05. The van der Waals surface area contributed by atoms with Crippen molar-refractivity contribution in [2.75, 3.05) is 6.61 Å². The van der Waals surface area contributed by atoms with Crippen LogP contribution < -0.4 is 0 Å². The van der Waals surface area contributed by atoms with Crippen LogP contribution in [-0.2, 0) is 9.53 Å². The summed E-state index contributed by atoms with van der Waals surface area (Å²) in [4.78, 5) is 12.5. The van der Waals surface area contributed by atoms with Gasteiger partial charge in [0.05, 0.1) is 12.5 Å². The smallest absolute Gasteiger partial charge is 0.313 e. The molecule has 0 N–H and O–H groups in total. The van der Waals surface area contributed by atoms with Crippen LogP contribution in [-0.4, -0.2) is 12.6 Å². The molecule has 1 aliphatic rings. The second-order valence-corrected chi connectivity index (χ2v) is 6.26. The second-order valence-electron chi connectivity index (χ2n) is 6.26. The minimum atomic E-state index is -0.0268. The van der Waals surface area contributed by atoms with E-state index in [0.29, 0.717) is 12.5 Å². The molecule has 2 unspecified atom stereocenters. The first-order valence-corrected chi connectivity index (χ1v) is 9.25. The van der Waals surface area contributed by atoms with Crippen LogP contribution >= 0.6 is 0 Å². The fourth-order valence-corrected chi connectivity index (χ4v) is 3.35. The van der Waals surface area contributed by atoms with E-state index in [1.165, 1.54) is 31.3 Å². The Kier molecular flexibility index (Phi) is 9.94. The van der Waals surface area contributed by atoms with Crippen molar-refractivity contribution < 1.29 is 9.53 Å². The molecule has 0 aromatic heterocycles. The van der Waals surface area contributed by atoms with Crippen LogP contribution in [0.25, 0.3) is 0 Å². The minimum absolute atomic E-state index is 0.00976. The molecule has 1 rings (SSSR count). The summed E-state index contributed by atoms with van der Waals surface area (Å²) in [6, 6.07) is 0. The molecule has 0 amide bonds. The van der Waals surface area contributed by atoms with Crippen molar-refractivity contribution in [2.45, 2.75) is 78.6 Å². The van der Waals surface area contributed by atoms with Crippen molar-refractivity contribution >= 4 is 5.97 Å². The molecule has 2 heteroatoms. The number of ether oxygens (including phenoxy) is 1. The summed E-state index contributed by atoms with van der Waals surface area (Å²) in [7, 11) is 0. The van der Waals surface area contributed by atoms with Gasteiger partial charge in [-0.15, -0.1) is 0 Å². The molecule has 0 aromatic rings. The number of carbonyl (C=O) groups excluding carboxylic acids is 1. The molecule has 0 aliphatic heterocycles. The number of hydrogen-bond acceptors (Lipinski definition) is 2. The first kappa shape index (κ1) is 19.0. The summed E-state index contributed by atoms with van der Waals surface area (Å²) in [5, 5.41) is 0. The largest absolute Gasteiger partial charge is 0.466 e. The Labute approximate surface area is 137 Å². The van der Waals surface area contributed by atoms with Gasteiger partial charge in [0, 0.05) is 0 Å². The van der Waals surface area contributed by atoms with Gasteiger partial charge in [-0.2, -0.15) is 0 Å². The fraction of sp³-hybridized carbons (Fsp3) is 0.750. The van der Waals surface area contributed by atoms with Crippen molar-refractivity contribution in [2.24, 2.45) is 11.8 Å². The van der Waals surface area contributed by atoms with E-state index in [2.05, 4.69) is 32.1 Å². The van der Waals surface area contributed by atoms with E-state index in [1.54, 1.807) is 0 Å². The van der Waals surface area contributed by atoms with E-state index < -0.39 is 0 Å². The fourth-order valence-electron chi connectivity index (χ4n) is 3.35. The zero-order valence-electron chi connectivity index (χ0n) is 14.8. The molecule has 2 atom stereocenters. The van der Waals surface area contributed by atoms with Crippen LogP contribution in [0.3, 0.4) is 0 Å². The molecule has 0 saturated carbocycles. The average molecular weight is 306 g/mol. The molecule has 0 saturated heterocycles. The van der Waals surface area contributed by atoms with Crippen LogP contribution in [0.4, 0.5) is 0 Å². The van der Waals surface area contributed by atoms with Crippen LogP contribution in [0.2, 0.25) is 0 Å². The van der Waals surface area contributed by atoms with Gasteiger partial charge in [0.1, 0.15) is 0 Å². The Balaban J connectivity index is 2.74. The number of carbonyl (C=O) groups is 1. The van der Waals surface area contributed by atoms with E-state index in [9.17, 15) is 4.79 Å². The van der Waals surface area contributed by atoms with E-state index in [4.69, 9.17) is 4.74 Å². The molecule has 1 aliphatic carbocycles. The third-order valence-corrected chi connectivity index (χ3v) is 4.59. The number of esters is 1. The summed E-state index contributed by atoms with van der Waals surface area (Å²) in [6.07, 6.45) is 17.2. The van der Waals surface area contributed by atoms with Crippen LogP contribution in [0.15, 0.2) is 23.8 Å². The van der Waals surface area contributed by atoms with Crippen LogP contribution in [0, 0.1) is 11.8 Å². The summed E-state index contributed by atoms with van der Waals surface area (Å²) in [6.45, 7) is 6.78. The van der Waals surface area contributed by atoms with Gasteiger partial charge in [-0.1, -0.05) is 56.9 Å². The topological polar surface area (TPSA) is 26.3 Å². The monoisotopic (exact) mass is 306 g/mol. The van der Waals surface area contributed by atoms with Crippen molar-refractivity contribution in [1.82, 2.24) is 0 Å². The molecule has 0 radical (unpaired) electrons. The van der Waals surface area contributed by atoms with Gasteiger partial charge in [0.15, 0.2) is 0 Å². The van der Waals surface area contributed by atoms with Crippen LogP contribution in [0.5, 0.6) is 0 Å². The number of unbranched alkanes of at least 4 members (excludes halogenated alkanes) is 4. The highest BCUT2D eigenvalue weighted by Gasteiger charge is 2.31. The summed E-state index contributed by atoms with van der Waals surface area (Å²) >= 11 is 0. The normalized spacial score (nSPS) is 20.0. The Bertz CT molecular complexity index is 368. The SMILES string of the molecule is CCCCCCC=C(CC)C(C(=O)OCC)C1CC=CCC1. The lowest BCUT2D eigenvalue weighted by Crippen LogP contribution is -2.28. The van der Waals surface area contributed by atoms with Gasteiger partial charge in [-0.25, -0.2) is 0 Å². The number of allylic oxidation sites excluding steroid dienone is 3. The lowest BCUT2D eigenvalue weighted by molar-refractivity contribution is -0.148. The zero-order valence-corrected chi connectivity index (χ0v) is 14.8. The molecular formula is C20H34O2. The van der Waals surface area contributed by atoms with Crippen molar-refractivity contribution in [1.29, 1.82) is 0 Å².